The molecule has 1 aliphatic rings. The quantitative estimate of drug-likeness (QED) is 0.0763. The van der Waals surface area contributed by atoms with Gasteiger partial charge in [0.2, 0.25) is 0 Å². The van der Waals surface area contributed by atoms with Gasteiger partial charge in [0.25, 0.3) is 23.0 Å². The van der Waals surface area contributed by atoms with Crippen molar-refractivity contribution in [2.24, 2.45) is 5.73 Å². The number of pyridine rings is 8. The van der Waals surface area contributed by atoms with E-state index in [0.29, 0.717) is 53.9 Å². The highest BCUT2D eigenvalue weighted by atomic mass is 79.9. The van der Waals surface area contributed by atoms with Gasteiger partial charge in [0.1, 0.15) is 21.9 Å². The molecule has 0 unspecified atom stereocenters. The van der Waals surface area contributed by atoms with Gasteiger partial charge in [-0.3, -0.25) is 19.2 Å². The number of halogens is 10. The number of fused-ring (bicyclic) bond motifs is 2. The van der Waals surface area contributed by atoms with Crippen LogP contribution in [0, 0.1) is 39.0 Å². The Labute approximate surface area is 555 Å². The molecule has 0 fully saturated rings. The predicted molar refractivity (Wildman–Crippen MR) is 358 cm³/mol. The van der Waals surface area contributed by atoms with Crippen molar-refractivity contribution in [3.05, 3.63) is 186 Å². The highest BCUT2D eigenvalue weighted by molar-refractivity contribution is 9.11. The summed E-state index contributed by atoms with van der Waals surface area (Å²) < 4.78 is 2.83. The Balaban J connectivity index is 0.000000364. The summed E-state index contributed by atoms with van der Waals surface area (Å²) in [7, 11) is 6.83. The number of nitriles is 1. The Hall–Kier alpha value is -6.21. The minimum Gasteiger partial charge on any atom is -0.396 e. The van der Waals surface area contributed by atoms with Crippen molar-refractivity contribution in [3.63, 3.8) is 0 Å². The van der Waals surface area contributed by atoms with Gasteiger partial charge in [-0.05, 0) is 183 Å². The van der Waals surface area contributed by atoms with Gasteiger partial charge in [0, 0.05) is 93.5 Å². The number of nitrogen functional groups attached to an aromatic ring is 1. The minimum absolute atomic E-state index is 0. The molecule has 20 nitrogen and oxygen atoms in total. The fourth-order valence-electron chi connectivity index (χ4n) is 6.40. The standard InChI is InChI=1S/C14H13BrN4O.C13H12BrClN4O.C12H8BrCl2N3O.C6H2BrCl2NO.C6H7ClN2.C2H3N.CH5N.CH4/c1-8-4-5-11-13(17-8)19(3)12-10(14(20)18(11)2)6-9(15)7-16-12;1-7-3-4-10(11(15)18-7)19-13(20)9-5-8(14)6-17-12(9)16-2;1-6-2-3-9(11(15)17-6)18-12(19)8-4-7(13)5-16-10(8)14;7-3-1-4(6(9)11)5(8)10-2-3;1-4-2-3-5(8)6(7)9-4;1-2-3;1-2;/h4-7H,1-3H3;3-6H,1-2H3,(H,16,17)(H,19,20);2-5H,1H3,(H,18,19);1-2H;2-3H,8H2,1H3;1H3;2H2,1H3;1H4. The monoisotopic (exact) mass is 1530 g/mol. The first-order chi connectivity index (χ1) is 39.7. The van der Waals surface area contributed by atoms with Crippen LogP contribution in [0.5, 0.6) is 0 Å². The topological polar surface area (TPSA) is 290 Å². The maximum Gasteiger partial charge on any atom is 0.261 e. The van der Waals surface area contributed by atoms with E-state index in [1.165, 1.54) is 32.4 Å². The summed E-state index contributed by atoms with van der Waals surface area (Å²) in [6, 6.07) is 22.6. The SMILES string of the molecule is C.CC#N.CN.CNc1ncc(Br)cc1C(=O)Nc1ccc(C)nc1Cl.Cc1ccc(N)c(Cl)n1.Cc1ccc(NC(=O)c2cc(Br)cnc2Cl)c(Cl)n1.Cc1ccc2c(n1)N(C)c1ncc(Br)cc1C(=O)N2C.O=C(Cl)c1cc(Br)cnc1Cl. The Kier molecular flexibility index (Phi) is 32.3. The zero-order valence-corrected chi connectivity index (χ0v) is 56.6. The average molecular weight is 1540 g/mol. The lowest BCUT2D eigenvalue weighted by atomic mass is 10.2. The van der Waals surface area contributed by atoms with E-state index >= 15 is 0 Å². The molecule has 7 N–H and O–H groups in total. The van der Waals surface area contributed by atoms with Crippen molar-refractivity contribution in [2.75, 3.05) is 59.7 Å². The van der Waals surface area contributed by atoms with Gasteiger partial charge in [-0.15, -0.1) is 0 Å². The Morgan fingerprint density at radius 2 is 0.965 bits per heavy atom. The van der Waals surface area contributed by atoms with E-state index in [0.717, 1.165) is 43.2 Å². The number of aryl methyl sites for hydroxylation is 4. The number of nitrogens with zero attached hydrogens (tertiary/aromatic N) is 11. The maximum atomic E-state index is 12.6. The molecule has 448 valence electrons. The van der Waals surface area contributed by atoms with Crippen LogP contribution in [0.4, 0.5) is 40.2 Å². The van der Waals surface area contributed by atoms with Crippen LogP contribution in [0.2, 0.25) is 25.8 Å². The van der Waals surface area contributed by atoms with Crippen LogP contribution in [-0.4, -0.2) is 91.0 Å². The number of nitrogens with two attached hydrogens (primary N) is 2. The molecule has 0 aromatic carbocycles. The zero-order valence-electron chi connectivity index (χ0n) is 45.7. The predicted octanol–water partition coefficient (Wildman–Crippen LogP) is 15.7. The summed E-state index contributed by atoms with van der Waals surface area (Å²) >= 11 is 47.2. The molecule has 8 aromatic heterocycles. The summed E-state index contributed by atoms with van der Waals surface area (Å²) in [4.78, 5) is 83.8. The van der Waals surface area contributed by atoms with Crippen molar-refractivity contribution in [1.29, 1.82) is 5.26 Å². The molecule has 0 saturated heterocycles. The lowest BCUT2D eigenvalue weighted by molar-refractivity contribution is 0.0990. The first-order valence-electron chi connectivity index (χ1n) is 23.7. The third kappa shape index (κ3) is 22.9. The second-order valence-corrected chi connectivity index (χ2v) is 22.1. The van der Waals surface area contributed by atoms with Gasteiger partial charge < -0.3 is 37.2 Å². The third-order valence-electron chi connectivity index (χ3n) is 10.3. The van der Waals surface area contributed by atoms with Gasteiger partial charge in [-0.25, -0.2) is 39.9 Å². The number of hydrogen-bond acceptors (Lipinski definition) is 17. The highest BCUT2D eigenvalue weighted by Crippen LogP contribution is 2.37. The van der Waals surface area contributed by atoms with E-state index in [1.807, 2.05) is 57.8 Å². The van der Waals surface area contributed by atoms with Gasteiger partial charge in [0.05, 0.1) is 51.1 Å². The van der Waals surface area contributed by atoms with Crippen molar-refractivity contribution in [2.45, 2.75) is 42.0 Å². The molecule has 0 saturated carbocycles. The number of carbonyl (C=O) groups excluding carboxylic acids is 4. The lowest BCUT2D eigenvalue weighted by Crippen LogP contribution is -2.25. The second kappa shape index (κ2) is 36.7. The summed E-state index contributed by atoms with van der Waals surface area (Å²) in [6.07, 6.45) is 6.30. The molecule has 9 heterocycles. The van der Waals surface area contributed by atoms with Crippen molar-refractivity contribution in [1.82, 2.24) is 39.9 Å². The molecule has 85 heavy (non-hydrogen) atoms. The lowest BCUT2D eigenvalue weighted by Gasteiger charge is -2.20. The van der Waals surface area contributed by atoms with Gasteiger partial charge in [0.15, 0.2) is 21.3 Å². The smallest absolute Gasteiger partial charge is 0.261 e. The molecule has 3 amide bonds. The molecule has 8 aromatic rings. The Morgan fingerprint density at radius 1 is 0.565 bits per heavy atom. The van der Waals surface area contributed by atoms with Crippen molar-refractivity contribution < 1.29 is 19.2 Å². The number of amides is 3. The summed E-state index contributed by atoms with van der Waals surface area (Å²) in [5, 5.41) is 16.1. The molecule has 0 aliphatic carbocycles. The highest BCUT2D eigenvalue weighted by Gasteiger charge is 2.29. The molecule has 9 rings (SSSR count). The zero-order chi connectivity index (χ0) is 63.1. The van der Waals surface area contributed by atoms with E-state index in [-0.39, 0.29) is 51.0 Å². The van der Waals surface area contributed by atoms with E-state index in [2.05, 4.69) is 125 Å². The van der Waals surface area contributed by atoms with E-state index < -0.39 is 11.1 Å². The third-order valence-corrected chi connectivity index (χ3v) is 13.7. The summed E-state index contributed by atoms with van der Waals surface area (Å²) in [5.74, 6) is 1.03. The normalized spacial score (nSPS) is 10.4. The fourth-order valence-corrected chi connectivity index (χ4v) is 8.98. The first kappa shape index (κ1) is 74.9. The van der Waals surface area contributed by atoms with E-state index in [4.69, 9.17) is 80.6 Å². The van der Waals surface area contributed by atoms with Gasteiger partial charge in [-0.2, -0.15) is 5.26 Å². The fraction of sp³-hybridized carbons (Fsp3) is 0.182. The minimum atomic E-state index is -0.608. The molecular formula is C55H54Br4Cl6N16O4. The number of nitrogens with one attached hydrogen (secondary N) is 3. The van der Waals surface area contributed by atoms with Crippen LogP contribution in [0.15, 0.2) is 115 Å². The molecule has 30 heteroatoms. The Bertz CT molecular complexity index is 3700. The van der Waals surface area contributed by atoms with Crippen LogP contribution >= 0.6 is 133 Å². The number of aromatic nitrogens is 8. The van der Waals surface area contributed by atoms with Crippen molar-refractivity contribution in [3.8, 4) is 6.07 Å². The van der Waals surface area contributed by atoms with Gasteiger partial charge in [-0.1, -0.05) is 65.4 Å². The summed E-state index contributed by atoms with van der Waals surface area (Å²) in [6.45, 7) is 8.86. The maximum absolute atomic E-state index is 12.6. The number of anilines is 7. The van der Waals surface area contributed by atoms with E-state index in [1.54, 1.807) is 86.0 Å². The molecule has 0 atom stereocenters. The molecule has 0 bridgehead atoms. The van der Waals surface area contributed by atoms with Crippen LogP contribution in [0.1, 0.15) is 78.6 Å². The van der Waals surface area contributed by atoms with Crippen LogP contribution in [0.25, 0.3) is 0 Å². The molecular weight excluding hydrogens is 1480 g/mol. The Morgan fingerprint density at radius 3 is 1.42 bits per heavy atom. The summed E-state index contributed by atoms with van der Waals surface area (Å²) in [5.41, 5.74) is 16.9. The van der Waals surface area contributed by atoms with Crippen molar-refractivity contribution >= 4 is 196 Å². The molecule has 0 spiro atoms. The number of hydrogen-bond donors (Lipinski definition) is 5. The molecule has 0 radical (unpaired) electrons. The first-order valence-corrected chi connectivity index (χ1v) is 29.1. The van der Waals surface area contributed by atoms with E-state index in [9.17, 15) is 19.2 Å². The largest absolute Gasteiger partial charge is 0.396 e. The second-order valence-electron chi connectivity index (χ2n) is 16.3. The number of rotatable bonds is 6. The van der Waals surface area contributed by atoms with Crippen LogP contribution < -0.4 is 37.2 Å². The molecule has 1 aliphatic heterocycles. The van der Waals surface area contributed by atoms with Crippen LogP contribution in [-0.2, 0) is 0 Å². The number of carbonyl (C=O) groups is 4. The van der Waals surface area contributed by atoms with Gasteiger partial charge >= 0.3 is 0 Å². The van der Waals surface area contributed by atoms with Crippen LogP contribution in [0.3, 0.4) is 0 Å². The average Bonchev–Trinajstić information content (AvgIpc) is 2.03.